The summed E-state index contributed by atoms with van der Waals surface area (Å²) in [4.78, 5) is 4.60. The van der Waals surface area contributed by atoms with Gasteiger partial charge in [0.05, 0.1) is 25.9 Å². The molecule has 2 aromatic carbocycles. The Balaban J connectivity index is 2.19. The Morgan fingerprint density at radius 1 is 1.11 bits per heavy atom. The molecule has 3 aromatic rings. The monoisotopic (exact) mass is 308 g/mol. The van der Waals surface area contributed by atoms with Gasteiger partial charge >= 0.3 is 0 Å². The van der Waals surface area contributed by atoms with E-state index >= 15 is 0 Å². The second-order valence-electron chi connectivity index (χ2n) is 4.34. The van der Waals surface area contributed by atoms with E-state index in [4.69, 9.17) is 28.9 Å². The highest BCUT2D eigenvalue weighted by atomic mass is 35.5. The van der Waals surface area contributed by atoms with Gasteiger partial charge < -0.3 is 5.73 Å². The number of aromatic nitrogens is 1. The van der Waals surface area contributed by atoms with Crippen LogP contribution in [0, 0.1) is 6.92 Å². The van der Waals surface area contributed by atoms with Crippen molar-refractivity contribution < 1.29 is 0 Å². The highest BCUT2D eigenvalue weighted by molar-refractivity contribution is 7.21. The molecule has 3 rings (SSSR count). The molecule has 2 N–H and O–H groups in total. The summed E-state index contributed by atoms with van der Waals surface area (Å²) < 4.78 is 1.15. The van der Waals surface area contributed by atoms with Gasteiger partial charge in [-0.25, -0.2) is 4.98 Å². The van der Waals surface area contributed by atoms with E-state index in [1.807, 2.05) is 6.07 Å². The molecule has 0 saturated heterocycles. The second kappa shape index (κ2) is 4.67. The Labute approximate surface area is 124 Å². The van der Waals surface area contributed by atoms with Crippen LogP contribution in [0.25, 0.3) is 20.8 Å². The molecule has 0 spiro atoms. The maximum absolute atomic E-state index is 6.06. The number of hydrogen-bond donors (Lipinski definition) is 1. The molecule has 96 valence electrons. The topological polar surface area (TPSA) is 38.9 Å². The van der Waals surface area contributed by atoms with E-state index in [9.17, 15) is 0 Å². The van der Waals surface area contributed by atoms with Crippen molar-refractivity contribution in [1.29, 1.82) is 0 Å². The van der Waals surface area contributed by atoms with Crippen molar-refractivity contribution in [2.45, 2.75) is 6.92 Å². The van der Waals surface area contributed by atoms with Crippen LogP contribution in [-0.4, -0.2) is 4.98 Å². The highest BCUT2D eigenvalue weighted by Gasteiger charge is 2.10. The maximum Gasteiger partial charge on any atom is 0.124 e. The van der Waals surface area contributed by atoms with Gasteiger partial charge in [-0.15, -0.1) is 11.3 Å². The standard InChI is InChI=1S/C14H10Cl2N2S/c1-7-2-3-11-12(4-7)19-14(18-11)8-5-9(15)13(17)10(16)6-8/h2-6H,17H2,1H3. The van der Waals surface area contributed by atoms with E-state index in [0.29, 0.717) is 15.7 Å². The van der Waals surface area contributed by atoms with Gasteiger partial charge in [0.25, 0.3) is 0 Å². The van der Waals surface area contributed by atoms with Crippen LogP contribution in [0.4, 0.5) is 5.69 Å². The lowest BCUT2D eigenvalue weighted by Crippen LogP contribution is -1.88. The number of rotatable bonds is 1. The first-order valence-corrected chi connectivity index (χ1v) is 7.24. The van der Waals surface area contributed by atoms with Crippen LogP contribution in [0.3, 0.4) is 0 Å². The molecule has 1 aromatic heterocycles. The van der Waals surface area contributed by atoms with Crippen LogP contribution >= 0.6 is 34.5 Å². The Kier molecular flexibility index (Phi) is 3.13. The quantitative estimate of drug-likeness (QED) is 0.630. The Hall–Kier alpha value is -1.29. The van der Waals surface area contributed by atoms with Crippen molar-refractivity contribution in [3.8, 4) is 10.6 Å². The lowest BCUT2D eigenvalue weighted by molar-refractivity contribution is 1.45. The van der Waals surface area contributed by atoms with Crippen molar-refractivity contribution >= 4 is 50.4 Å². The lowest BCUT2D eigenvalue weighted by atomic mass is 10.2. The van der Waals surface area contributed by atoms with Gasteiger partial charge in [0, 0.05) is 5.56 Å². The first kappa shape index (κ1) is 12.7. The Morgan fingerprint density at radius 3 is 2.47 bits per heavy atom. The van der Waals surface area contributed by atoms with E-state index in [2.05, 4.69) is 24.0 Å². The zero-order valence-electron chi connectivity index (χ0n) is 10.1. The number of anilines is 1. The van der Waals surface area contributed by atoms with Crippen molar-refractivity contribution in [2.24, 2.45) is 0 Å². The number of fused-ring (bicyclic) bond motifs is 1. The average Bonchev–Trinajstić information content (AvgIpc) is 2.78. The van der Waals surface area contributed by atoms with Crippen molar-refractivity contribution in [3.63, 3.8) is 0 Å². The first-order valence-electron chi connectivity index (χ1n) is 5.66. The van der Waals surface area contributed by atoms with E-state index in [1.54, 1.807) is 23.5 Å². The zero-order valence-corrected chi connectivity index (χ0v) is 12.4. The molecule has 19 heavy (non-hydrogen) atoms. The Bertz CT molecular complexity index is 757. The van der Waals surface area contributed by atoms with Crippen molar-refractivity contribution in [1.82, 2.24) is 4.98 Å². The minimum Gasteiger partial charge on any atom is -0.396 e. The molecule has 1 heterocycles. The molecule has 0 aliphatic carbocycles. The number of halogens is 2. The van der Waals surface area contributed by atoms with E-state index < -0.39 is 0 Å². The van der Waals surface area contributed by atoms with E-state index in [-0.39, 0.29) is 0 Å². The third-order valence-corrected chi connectivity index (χ3v) is 4.56. The predicted octanol–water partition coefficient (Wildman–Crippen LogP) is 5.16. The van der Waals surface area contributed by atoms with Crippen LogP contribution in [0.15, 0.2) is 30.3 Å². The number of nitrogens with two attached hydrogens (primary N) is 1. The summed E-state index contributed by atoms with van der Waals surface area (Å²) >= 11 is 13.7. The molecule has 0 aliphatic heterocycles. The molecule has 0 saturated carbocycles. The molecule has 5 heteroatoms. The number of thiazole rings is 1. The normalized spacial score (nSPS) is 11.1. The number of aryl methyl sites for hydroxylation is 1. The number of nitrogen functional groups attached to an aromatic ring is 1. The van der Waals surface area contributed by atoms with Crippen molar-refractivity contribution in [2.75, 3.05) is 5.73 Å². The maximum atomic E-state index is 6.06. The summed E-state index contributed by atoms with van der Waals surface area (Å²) in [5.74, 6) is 0. The van der Waals surface area contributed by atoms with Gasteiger partial charge in [0.1, 0.15) is 5.01 Å². The molecule has 0 atom stereocenters. The summed E-state index contributed by atoms with van der Waals surface area (Å²) in [7, 11) is 0. The third-order valence-electron chi connectivity index (χ3n) is 2.87. The van der Waals surface area contributed by atoms with Crippen LogP contribution in [0.2, 0.25) is 10.0 Å². The SMILES string of the molecule is Cc1ccc2nc(-c3cc(Cl)c(N)c(Cl)c3)sc2c1. The fourth-order valence-corrected chi connectivity index (χ4v) is 3.40. The van der Waals surface area contributed by atoms with Crippen LogP contribution in [-0.2, 0) is 0 Å². The summed E-state index contributed by atoms with van der Waals surface area (Å²) in [5, 5.41) is 1.81. The van der Waals surface area contributed by atoms with E-state index in [1.165, 1.54) is 5.56 Å². The molecule has 0 bridgehead atoms. The first-order chi connectivity index (χ1) is 9.04. The molecule has 0 aliphatic rings. The molecule has 0 radical (unpaired) electrons. The van der Waals surface area contributed by atoms with Gasteiger partial charge in [-0.3, -0.25) is 0 Å². The van der Waals surface area contributed by atoms with Crippen molar-refractivity contribution in [3.05, 3.63) is 45.9 Å². The van der Waals surface area contributed by atoms with Gasteiger partial charge in [-0.05, 0) is 36.8 Å². The van der Waals surface area contributed by atoms with Gasteiger partial charge in [0.15, 0.2) is 0 Å². The fraction of sp³-hybridized carbons (Fsp3) is 0.0714. The number of benzene rings is 2. The summed E-state index contributed by atoms with van der Waals surface area (Å²) in [6, 6.07) is 9.79. The predicted molar refractivity (Wildman–Crippen MR) is 84.2 cm³/mol. The largest absolute Gasteiger partial charge is 0.396 e. The summed E-state index contributed by atoms with van der Waals surface area (Å²) in [6.07, 6.45) is 0. The zero-order chi connectivity index (χ0) is 13.6. The fourth-order valence-electron chi connectivity index (χ4n) is 1.86. The van der Waals surface area contributed by atoms with E-state index in [0.717, 1.165) is 20.8 Å². The number of nitrogens with zero attached hydrogens (tertiary/aromatic N) is 1. The smallest absolute Gasteiger partial charge is 0.124 e. The third kappa shape index (κ3) is 2.29. The summed E-state index contributed by atoms with van der Waals surface area (Å²) in [5.41, 5.74) is 9.24. The molecular formula is C14H10Cl2N2S. The molecular weight excluding hydrogens is 299 g/mol. The van der Waals surface area contributed by atoms with Gasteiger partial charge in [0.2, 0.25) is 0 Å². The van der Waals surface area contributed by atoms with Crippen LogP contribution < -0.4 is 5.73 Å². The highest BCUT2D eigenvalue weighted by Crippen LogP contribution is 2.36. The van der Waals surface area contributed by atoms with Crippen LogP contribution in [0.5, 0.6) is 0 Å². The second-order valence-corrected chi connectivity index (χ2v) is 6.19. The molecule has 2 nitrogen and oxygen atoms in total. The van der Waals surface area contributed by atoms with Crippen LogP contribution in [0.1, 0.15) is 5.56 Å². The molecule has 0 fully saturated rings. The lowest BCUT2D eigenvalue weighted by Gasteiger charge is -2.03. The van der Waals surface area contributed by atoms with Gasteiger partial charge in [-0.2, -0.15) is 0 Å². The number of hydrogen-bond acceptors (Lipinski definition) is 3. The minimum absolute atomic E-state index is 0.407. The van der Waals surface area contributed by atoms with Gasteiger partial charge in [-0.1, -0.05) is 29.3 Å². The minimum atomic E-state index is 0.407. The molecule has 0 amide bonds. The molecule has 0 unspecified atom stereocenters. The summed E-state index contributed by atoms with van der Waals surface area (Å²) in [6.45, 7) is 2.07. The average molecular weight is 309 g/mol. The Morgan fingerprint density at radius 2 is 1.79 bits per heavy atom.